The van der Waals surface area contributed by atoms with Gasteiger partial charge < -0.3 is 5.32 Å². The number of anilines is 1. The third-order valence-electron chi connectivity index (χ3n) is 4.52. The molecule has 2 N–H and O–H groups in total. The zero-order valence-corrected chi connectivity index (χ0v) is 18.0. The Balaban J connectivity index is 1.61. The first-order chi connectivity index (χ1) is 15.0. The lowest BCUT2D eigenvalue weighted by Gasteiger charge is -2.13. The monoisotopic (exact) mass is 436 g/mol. The molecule has 0 bridgehead atoms. The second-order valence-electron chi connectivity index (χ2n) is 7.05. The maximum absolute atomic E-state index is 12.8. The fourth-order valence-corrected chi connectivity index (χ4v) is 4.08. The molecule has 8 heteroatoms. The smallest absolute Gasteiger partial charge is 0.244 e. The predicted octanol–water partition coefficient (Wildman–Crippen LogP) is 3.08. The summed E-state index contributed by atoms with van der Waals surface area (Å²) in [5.74, 6) is -0.784. The Kier molecular flexibility index (Phi) is 7.61. The highest BCUT2D eigenvalue weighted by Gasteiger charge is 2.38. The molecule has 1 fully saturated rings. The molecule has 0 spiro atoms. The number of carbonyl (C=O) groups is 3. The van der Waals surface area contributed by atoms with Crippen LogP contribution in [0, 0.1) is 6.92 Å². The van der Waals surface area contributed by atoms with Gasteiger partial charge in [0.05, 0.1) is 6.42 Å². The molecule has 0 aliphatic carbocycles. The molecular formula is C23H24N4O3S. The van der Waals surface area contributed by atoms with E-state index < -0.39 is 5.25 Å². The normalized spacial score (nSPS) is 16.9. The zero-order chi connectivity index (χ0) is 22.2. The largest absolute Gasteiger partial charge is 0.326 e. The summed E-state index contributed by atoms with van der Waals surface area (Å²) in [7, 11) is 0. The highest BCUT2D eigenvalue weighted by Crippen LogP contribution is 2.29. The summed E-state index contributed by atoms with van der Waals surface area (Å²) in [4.78, 5) is 38.8. The van der Waals surface area contributed by atoms with E-state index in [0.29, 0.717) is 10.9 Å². The first-order valence-electron chi connectivity index (χ1n) is 9.82. The molecule has 2 aromatic carbocycles. The summed E-state index contributed by atoms with van der Waals surface area (Å²) in [5, 5.41) is 6.66. The lowest BCUT2D eigenvalue weighted by Crippen LogP contribution is -2.34. The molecule has 7 nitrogen and oxygen atoms in total. The molecule has 1 saturated heterocycles. The van der Waals surface area contributed by atoms with E-state index in [1.54, 1.807) is 6.08 Å². The lowest BCUT2D eigenvalue weighted by molar-refractivity contribution is -0.128. The second kappa shape index (κ2) is 10.6. The molecule has 0 radical (unpaired) electrons. The molecule has 1 heterocycles. The Bertz CT molecular complexity index is 990. The number of nitrogens with one attached hydrogen (secondary N) is 2. The van der Waals surface area contributed by atoms with Crippen molar-refractivity contribution < 1.29 is 14.4 Å². The summed E-state index contributed by atoms with van der Waals surface area (Å²) in [6.07, 6.45) is 1.76. The van der Waals surface area contributed by atoms with Crippen LogP contribution < -0.4 is 10.7 Å². The predicted molar refractivity (Wildman–Crippen MR) is 123 cm³/mol. The van der Waals surface area contributed by atoms with Crippen molar-refractivity contribution in [1.82, 2.24) is 10.3 Å². The molecule has 160 valence electrons. The number of hydrazone groups is 1. The van der Waals surface area contributed by atoms with E-state index in [0.717, 1.165) is 22.9 Å². The van der Waals surface area contributed by atoms with Crippen molar-refractivity contribution in [3.63, 3.8) is 0 Å². The van der Waals surface area contributed by atoms with Gasteiger partial charge in [0.1, 0.15) is 5.25 Å². The van der Waals surface area contributed by atoms with Gasteiger partial charge in [0.15, 0.2) is 5.17 Å². The van der Waals surface area contributed by atoms with Crippen LogP contribution in [0.25, 0.3) is 0 Å². The Labute approximate surface area is 185 Å². The van der Waals surface area contributed by atoms with E-state index in [1.807, 2.05) is 61.5 Å². The number of benzene rings is 2. The molecule has 3 amide bonds. The van der Waals surface area contributed by atoms with Crippen molar-refractivity contribution in [1.29, 1.82) is 0 Å². The van der Waals surface area contributed by atoms with Crippen LogP contribution in [0.15, 0.2) is 72.4 Å². The van der Waals surface area contributed by atoms with Crippen molar-refractivity contribution in [2.45, 2.75) is 25.0 Å². The van der Waals surface area contributed by atoms with Gasteiger partial charge in [-0.05, 0) is 24.6 Å². The number of hydrogen-bond donors (Lipinski definition) is 2. The molecule has 0 saturated carbocycles. The highest BCUT2D eigenvalue weighted by atomic mass is 32.2. The van der Waals surface area contributed by atoms with E-state index in [-0.39, 0.29) is 37.1 Å². The number of rotatable bonds is 8. The molecule has 0 aromatic heterocycles. The van der Waals surface area contributed by atoms with Gasteiger partial charge in [0.25, 0.3) is 0 Å². The first-order valence-corrected chi connectivity index (χ1v) is 10.7. The minimum absolute atomic E-state index is 0.00199. The van der Waals surface area contributed by atoms with Crippen molar-refractivity contribution >= 4 is 40.3 Å². The fraction of sp³-hybridized carbons (Fsp3) is 0.217. The second-order valence-corrected chi connectivity index (χ2v) is 8.22. The van der Waals surface area contributed by atoms with Gasteiger partial charge in [-0.25, -0.2) is 5.43 Å². The van der Waals surface area contributed by atoms with Crippen LogP contribution in [0.2, 0.25) is 0 Å². The number of hydrogen-bond acceptors (Lipinski definition) is 5. The van der Waals surface area contributed by atoms with Crippen LogP contribution in [0.4, 0.5) is 5.69 Å². The number of amides is 3. The summed E-state index contributed by atoms with van der Waals surface area (Å²) >= 11 is 1.16. The van der Waals surface area contributed by atoms with Gasteiger partial charge in [0.2, 0.25) is 17.7 Å². The number of thioether (sulfide) groups is 1. The summed E-state index contributed by atoms with van der Waals surface area (Å²) < 4.78 is 0. The van der Waals surface area contributed by atoms with Crippen LogP contribution in [-0.4, -0.2) is 39.6 Å². The van der Waals surface area contributed by atoms with Crippen molar-refractivity contribution in [3.8, 4) is 0 Å². The molecule has 31 heavy (non-hydrogen) atoms. The van der Waals surface area contributed by atoms with Gasteiger partial charge in [-0.1, -0.05) is 65.9 Å². The number of aryl methyl sites for hydroxylation is 1. The minimum Gasteiger partial charge on any atom is -0.326 e. The van der Waals surface area contributed by atoms with E-state index in [1.165, 1.54) is 4.90 Å². The van der Waals surface area contributed by atoms with Crippen LogP contribution >= 0.6 is 11.8 Å². The van der Waals surface area contributed by atoms with E-state index >= 15 is 0 Å². The fourth-order valence-electron chi connectivity index (χ4n) is 2.97. The minimum atomic E-state index is -0.616. The molecule has 1 unspecified atom stereocenters. The zero-order valence-electron chi connectivity index (χ0n) is 17.2. The summed E-state index contributed by atoms with van der Waals surface area (Å²) in [5.41, 5.74) is 5.13. The maximum Gasteiger partial charge on any atom is 0.244 e. The Morgan fingerprint density at radius 3 is 2.52 bits per heavy atom. The standard InChI is InChI=1S/C23H24N4O3S/c1-3-13-27-22(30)19(15-20(28)24-18-11-9-16(2)10-12-18)31-23(27)26-25-21(29)14-17-7-5-4-6-8-17/h3-12,19H,1,13-15H2,2H3,(H,24,28)(H,25,29). The molecule has 1 aliphatic rings. The van der Waals surface area contributed by atoms with Crippen molar-refractivity contribution in [3.05, 3.63) is 78.4 Å². The van der Waals surface area contributed by atoms with E-state index in [2.05, 4.69) is 22.4 Å². The van der Waals surface area contributed by atoms with E-state index in [9.17, 15) is 14.4 Å². The van der Waals surface area contributed by atoms with E-state index in [4.69, 9.17) is 0 Å². The molecule has 1 atom stereocenters. The van der Waals surface area contributed by atoms with Gasteiger partial charge in [-0.3, -0.25) is 19.3 Å². The van der Waals surface area contributed by atoms with Gasteiger partial charge in [0, 0.05) is 18.7 Å². The molecular weight excluding hydrogens is 412 g/mol. The SMILES string of the molecule is C=CCN1C(=O)C(CC(=O)Nc2ccc(C)cc2)SC1=NNC(=O)Cc1ccccc1. The topological polar surface area (TPSA) is 90.9 Å². The van der Waals surface area contributed by atoms with Crippen LogP contribution in [0.5, 0.6) is 0 Å². The molecule has 3 rings (SSSR count). The van der Waals surface area contributed by atoms with Gasteiger partial charge >= 0.3 is 0 Å². The Hall–Kier alpha value is -3.39. The Morgan fingerprint density at radius 1 is 1.13 bits per heavy atom. The average Bonchev–Trinajstić information content (AvgIpc) is 3.04. The highest BCUT2D eigenvalue weighted by molar-refractivity contribution is 8.15. The maximum atomic E-state index is 12.8. The van der Waals surface area contributed by atoms with Crippen LogP contribution in [-0.2, 0) is 20.8 Å². The number of nitrogens with zero attached hydrogens (tertiary/aromatic N) is 2. The first kappa shape index (κ1) is 22.3. The number of carbonyl (C=O) groups excluding carboxylic acids is 3. The quantitative estimate of drug-likeness (QED) is 0.491. The van der Waals surface area contributed by atoms with Crippen molar-refractivity contribution in [2.75, 3.05) is 11.9 Å². The average molecular weight is 437 g/mol. The Morgan fingerprint density at radius 2 is 1.84 bits per heavy atom. The molecule has 2 aromatic rings. The number of amidine groups is 1. The lowest BCUT2D eigenvalue weighted by atomic mass is 10.1. The third-order valence-corrected chi connectivity index (χ3v) is 5.70. The van der Waals surface area contributed by atoms with Gasteiger partial charge in [-0.15, -0.1) is 11.7 Å². The van der Waals surface area contributed by atoms with Crippen LogP contribution in [0.3, 0.4) is 0 Å². The van der Waals surface area contributed by atoms with Crippen LogP contribution in [0.1, 0.15) is 17.5 Å². The van der Waals surface area contributed by atoms with Gasteiger partial charge in [-0.2, -0.15) is 0 Å². The molecule has 1 aliphatic heterocycles. The third kappa shape index (κ3) is 6.29. The van der Waals surface area contributed by atoms with Crippen molar-refractivity contribution in [2.24, 2.45) is 5.10 Å². The summed E-state index contributed by atoms with van der Waals surface area (Å²) in [6.45, 7) is 5.88. The summed E-state index contributed by atoms with van der Waals surface area (Å²) in [6, 6.07) is 16.7.